The minimum absolute atomic E-state index is 0.230. The molecule has 22 heavy (non-hydrogen) atoms. The second-order valence-corrected chi connectivity index (χ2v) is 6.71. The Morgan fingerprint density at radius 2 is 2.05 bits per heavy atom. The average molecular weight is 343 g/mol. The smallest absolute Gasteiger partial charge is 0.222 e. The highest BCUT2D eigenvalue weighted by atomic mass is 35.5. The van der Waals surface area contributed by atoms with Crippen molar-refractivity contribution in [2.75, 3.05) is 26.2 Å². The van der Waals surface area contributed by atoms with E-state index >= 15 is 0 Å². The second-order valence-electron chi connectivity index (χ2n) is 5.87. The Morgan fingerprint density at radius 1 is 1.32 bits per heavy atom. The van der Waals surface area contributed by atoms with Gasteiger partial charge in [0.05, 0.1) is 0 Å². The number of hydrogen-bond donors (Lipinski definition) is 1. The SMILES string of the molecule is CCNCC1CCN(C(=O)CCc2ccc(Cl)cc2Cl)CC1. The summed E-state index contributed by atoms with van der Waals surface area (Å²) in [7, 11) is 0. The Balaban J connectivity index is 1.76. The number of benzene rings is 1. The molecule has 3 nitrogen and oxygen atoms in total. The zero-order valence-electron chi connectivity index (χ0n) is 13.1. The van der Waals surface area contributed by atoms with E-state index in [-0.39, 0.29) is 5.91 Å². The lowest BCUT2D eigenvalue weighted by molar-refractivity contribution is -0.132. The van der Waals surface area contributed by atoms with Gasteiger partial charge in [0.15, 0.2) is 0 Å². The molecule has 1 aromatic rings. The molecule has 0 radical (unpaired) electrons. The minimum atomic E-state index is 0.230. The van der Waals surface area contributed by atoms with E-state index < -0.39 is 0 Å². The fourth-order valence-corrected chi connectivity index (χ4v) is 3.36. The number of likely N-dealkylation sites (tertiary alicyclic amines) is 1. The molecule has 1 fully saturated rings. The van der Waals surface area contributed by atoms with Crippen LogP contribution in [0, 0.1) is 5.92 Å². The molecular weight excluding hydrogens is 319 g/mol. The summed E-state index contributed by atoms with van der Waals surface area (Å²) >= 11 is 12.0. The highest BCUT2D eigenvalue weighted by Crippen LogP contribution is 2.23. The molecule has 0 aliphatic carbocycles. The molecular formula is C17H24Cl2N2O. The number of nitrogens with one attached hydrogen (secondary N) is 1. The summed E-state index contributed by atoms with van der Waals surface area (Å²) in [6.45, 7) is 5.97. The molecule has 1 amide bonds. The van der Waals surface area contributed by atoms with Crippen LogP contribution < -0.4 is 5.32 Å². The van der Waals surface area contributed by atoms with Crippen LogP contribution in [0.2, 0.25) is 10.0 Å². The van der Waals surface area contributed by atoms with Gasteiger partial charge in [-0.2, -0.15) is 0 Å². The zero-order valence-corrected chi connectivity index (χ0v) is 14.6. The van der Waals surface area contributed by atoms with Crippen molar-refractivity contribution in [1.29, 1.82) is 0 Å². The predicted octanol–water partition coefficient (Wildman–Crippen LogP) is 3.77. The van der Waals surface area contributed by atoms with Gasteiger partial charge >= 0.3 is 0 Å². The van der Waals surface area contributed by atoms with Crippen LogP contribution in [0.1, 0.15) is 31.7 Å². The van der Waals surface area contributed by atoms with Crippen LogP contribution in [0.25, 0.3) is 0 Å². The maximum Gasteiger partial charge on any atom is 0.222 e. The van der Waals surface area contributed by atoms with Gasteiger partial charge in [-0.05, 0) is 56.0 Å². The first-order chi connectivity index (χ1) is 10.6. The van der Waals surface area contributed by atoms with E-state index in [9.17, 15) is 4.79 Å². The molecule has 0 bridgehead atoms. The number of amides is 1. The highest BCUT2D eigenvalue weighted by Gasteiger charge is 2.22. The Kier molecular flexibility index (Phi) is 7.00. The van der Waals surface area contributed by atoms with Crippen LogP contribution in [-0.2, 0) is 11.2 Å². The van der Waals surface area contributed by atoms with E-state index in [1.54, 1.807) is 6.07 Å². The molecule has 1 heterocycles. The summed E-state index contributed by atoms with van der Waals surface area (Å²) in [6, 6.07) is 5.45. The molecule has 0 atom stereocenters. The van der Waals surface area contributed by atoms with E-state index in [2.05, 4.69) is 12.2 Å². The normalized spacial score (nSPS) is 16.0. The summed E-state index contributed by atoms with van der Waals surface area (Å²) in [4.78, 5) is 14.3. The Bertz CT molecular complexity index is 499. The van der Waals surface area contributed by atoms with Gasteiger partial charge < -0.3 is 10.2 Å². The van der Waals surface area contributed by atoms with E-state index in [1.165, 1.54) is 0 Å². The van der Waals surface area contributed by atoms with Gasteiger partial charge in [-0.3, -0.25) is 4.79 Å². The first-order valence-electron chi connectivity index (χ1n) is 8.02. The van der Waals surface area contributed by atoms with Crippen molar-refractivity contribution in [3.8, 4) is 0 Å². The fourth-order valence-electron chi connectivity index (χ4n) is 2.86. The van der Waals surface area contributed by atoms with Crippen molar-refractivity contribution < 1.29 is 4.79 Å². The van der Waals surface area contributed by atoms with E-state index in [0.29, 0.717) is 28.8 Å². The van der Waals surface area contributed by atoms with Crippen molar-refractivity contribution in [2.45, 2.75) is 32.6 Å². The number of aryl methyl sites for hydroxylation is 1. The van der Waals surface area contributed by atoms with Crippen molar-refractivity contribution >= 4 is 29.1 Å². The first kappa shape index (κ1) is 17.6. The molecule has 0 spiro atoms. The highest BCUT2D eigenvalue weighted by molar-refractivity contribution is 6.35. The molecule has 1 aliphatic rings. The largest absolute Gasteiger partial charge is 0.343 e. The number of piperidine rings is 1. The third kappa shape index (κ3) is 5.15. The lowest BCUT2D eigenvalue weighted by Gasteiger charge is -2.32. The summed E-state index contributed by atoms with van der Waals surface area (Å²) in [5, 5.41) is 4.66. The zero-order chi connectivity index (χ0) is 15.9. The number of carbonyl (C=O) groups is 1. The number of carbonyl (C=O) groups excluding carboxylic acids is 1. The number of rotatable bonds is 6. The molecule has 0 unspecified atom stereocenters. The van der Waals surface area contributed by atoms with Crippen LogP contribution in [0.15, 0.2) is 18.2 Å². The summed E-state index contributed by atoms with van der Waals surface area (Å²) in [5.74, 6) is 0.933. The van der Waals surface area contributed by atoms with Gasteiger partial charge in [0, 0.05) is 29.6 Å². The number of nitrogens with zero attached hydrogens (tertiary/aromatic N) is 1. The predicted molar refractivity (Wildman–Crippen MR) is 92.6 cm³/mol. The third-order valence-electron chi connectivity index (χ3n) is 4.27. The van der Waals surface area contributed by atoms with Crippen molar-refractivity contribution in [2.24, 2.45) is 5.92 Å². The summed E-state index contributed by atoms with van der Waals surface area (Å²) in [6.07, 6.45) is 3.38. The van der Waals surface area contributed by atoms with Gasteiger partial charge in [-0.15, -0.1) is 0 Å². The van der Waals surface area contributed by atoms with Gasteiger partial charge in [-0.25, -0.2) is 0 Å². The number of halogens is 2. The molecule has 1 aliphatic heterocycles. The standard InChI is InChI=1S/C17H24Cl2N2O/c1-2-20-12-13-7-9-21(10-8-13)17(22)6-4-14-3-5-15(18)11-16(14)19/h3,5,11,13,20H,2,4,6-10,12H2,1H3. The quantitative estimate of drug-likeness (QED) is 0.853. The van der Waals surface area contributed by atoms with Crippen LogP contribution in [0.4, 0.5) is 0 Å². The van der Waals surface area contributed by atoms with Crippen molar-refractivity contribution in [3.05, 3.63) is 33.8 Å². The molecule has 1 N–H and O–H groups in total. The summed E-state index contributed by atoms with van der Waals surface area (Å²) in [5.41, 5.74) is 0.987. The maximum absolute atomic E-state index is 12.3. The molecule has 2 rings (SSSR count). The first-order valence-corrected chi connectivity index (χ1v) is 8.78. The van der Waals surface area contributed by atoms with Crippen LogP contribution in [-0.4, -0.2) is 37.0 Å². The molecule has 1 saturated heterocycles. The van der Waals surface area contributed by atoms with Crippen LogP contribution in [0.3, 0.4) is 0 Å². The van der Waals surface area contributed by atoms with Crippen LogP contribution in [0.5, 0.6) is 0 Å². The average Bonchev–Trinajstić information content (AvgIpc) is 2.52. The van der Waals surface area contributed by atoms with Gasteiger partial charge in [0.2, 0.25) is 5.91 Å². The van der Waals surface area contributed by atoms with E-state index in [0.717, 1.165) is 44.6 Å². The molecule has 122 valence electrons. The molecule has 5 heteroatoms. The number of hydrogen-bond acceptors (Lipinski definition) is 2. The van der Waals surface area contributed by atoms with Gasteiger partial charge in [0.1, 0.15) is 0 Å². The monoisotopic (exact) mass is 342 g/mol. The lowest BCUT2D eigenvalue weighted by atomic mass is 9.96. The summed E-state index contributed by atoms with van der Waals surface area (Å²) < 4.78 is 0. The Morgan fingerprint density at radius 3 is 2.68 bits per heavy atom. The van der Waals surface area contributed by atoms with E-state index in [1.807, 2.05) is 17.0 Å². The maximum atomic E-state index is 12.3. The molecule has 1 aromatic carbocycles. The molecule has 0 saturated carbocycles. The second kappa shape index (κ2) is 8.76. The minimum Gasteiger partial charge on any atom is -0.343 e. The Labute approximate surface area is 143 Å². The molecule has 0 aromatic heterocycles. The van der Waals surface area contributed by atoms with Gasteiger partial charge in [0.25, 0.3) is 0 Å². The van der Waals surface area contributed by atoms with Crippen LogP contribution >= 0.6 is 23.2 Å². The topological polar surface area (TPSA) is 32.3 Å². The van der Waals surface area contributed by atoms with E-state index in [4.69, 9.17) is 23.2 Å². The van der Waals surface area contributed by atoms with Crippen molar-refractivity contribution in [3.63, 3.8) is 0 Å². The lowest BCUT2D eigenvalue weighted by Crippen LogP contribution is -2.40. The Hall–Kier alpha value is -0.770. The fraction of sp³-hybridized carbons (Fsp3) is 0.588. The van der Waals surface area contributed by atoms with Crippen molar-refractivity contribution in [1.82, 2.24) is 10.2 Å². The van der Waals surface area contributed by atoms with Gasteiger partial charge in [-0.1, -0.05) is 36.2 Å². The third-order valence-corrected chi connectivity index (χ3v) is 4.86.